The molecule has 0 radical (unpaired) electrons. The molecule has 3 nitrogen and oxygen atoms in total. The van der Waals surface area contributed by atoms with Gasteiger partial charge in [0.1, 0.15) is 5.75 Å². The number of benzene rings is 2. The second-order valence-electron chi connectivity index (χ2n) is 4.15. The highest BCUT2D eigenvalue weighted by molar-refractivity contribution is 5.97. The molecule has 0 heterocycles. The van der Waals surface area contributed by atoms with Crippen LogP contribution in [0.3, 0.4) is 0 Å². The van der Waals surface area contributed by atoms with Gasteiger partial charge in [-0.15, -0.1) is 0 Å². The molecule has 3 heteroatoms. The van der Waals surface area contributed by atoms with Gasteiger partial charge in [-0.05, 0) is 19.1 Å². The number of rotatable bonds is 4. The highest BCUT2D eigenvalue weighted by atomic mass is 16.5. The average Bonchev–Trinajstić information content (AvgIpc) is 2.37. The third-order valence-electron chi connectivity index (χ3n) is 2.60. The first-order chi connectivity index (χ1) is 8.65. The van der Waals surface area contributed by atoms with E-state index >= 15 is 0 Å². The van der Waals surface area contributed by atoms with Crippen molar-refractivity contribution in [1.29, 1.82) is 0 Å². The third-order valence-corrected chi connectivity index (χ3v) is 2.60. The van der Waals surface area contributed by atoms with Gasteiger partial charge in [0.05, 0.1) is 0 Å². The SMILES string of the molecule is Cc1ccc(C(=O)COc2cccc(N)c2)cc1. The number of carbonyl (C=O) groups is 1. The molecule has 0 aliphatic heterocycles. The van der Waals surface area contributed by atoms with Crippen LogP contribution in [0.5, 0.6) is 5.75 Å². The molecule has 0 atom stereocenters. The number of carbonyl (C=O) groups excluding carboxylic acids is 1. The summed E-state index contributed by atoms with van der Waals surface area (Å²) in [5.74, 6) is 0.563. The molecule has 0 amide bonds. The monoisotopic (exact) mass is 241 g/mol. The van der Waals surface area contributed by atoms with Crippen molar-refractivity contribution >= 4 is 11.5 Å². The van der Waals surface area contributed by atoms with Crippen molar-refractivity contribution in [2.75, 3.05) is 12.3 Å². The van der Waals surface area contributed by atoms with Crippen LogP contribution in [0.4, 0.5) is 5.69 Å². The number of anilines is 1. The molecule has 2 rings (SSSR count). The van der Waals surface area contributed by atoms with Gasteiger partial charge in [-0.3, -0.25) is 4.79 Å². The van der Waals surface area contributed by atoms with E-state index in [4.69, 9.17) is 10.5 Å². The predicted molar refractivity (Wildman–Crippen MR) is 71.9 cm³/mol. The second-order valence-corrected chi connectivity index (χ2v) is 4.15. The van der Waals surface area contributed by atoms with E-state index in [-0.39, 0.29) is 12.4 Å². The van der Waals surface area contributed by atoms with Crippen molar-refractivity contribution in [2.24, 2.45) is 0 Å². The Kier molecular flexibility index (Phi) is 3.63. The van der Waals surface area contributed by atoms with Gasteiger partial charge in [-0.25, -0.2) is 0 Å². The molecule has 0 saturated carbocycles. The zero-order valence-electron chi connectivity index (χ0n) is 10.2. The molecule has 0 unspecified atom stereocenters. The summed E-state index contributed by atoms with van der Waals surface area (Å²) < 4.78 is 5.40. The van der Waals surface area contributed by atoms with Gasteiger partial charge in [-0.2, -0.15) is 0 Å². The van der Waals surface area contributed by atoms with Crippen LogP contribution in [-0.4, -0.2) is 12.4 Å². The van der Waals surface area contributed by atoms with Crippen molar-refractivity contribution in [1.82, 2.24) is 0 Å². The van der Waals surface area contributed by atoms with E-state index in [2.05, 4.69) is 0 Å². The fourth-order valence-electron chi connectivity index (χ4n) is 1.58. The van der Waals surface area contributed by atoms with Gasteiger partial charge in [-0.1, -0.05) is 35.9 Å². The Morgan fingerprint density at radius 1 is 1.17 bits per heavy atom. The molecule has 0 aliphatic carbocycles. The number of hydrogen-bond acceptors (Lipinski definition) is 3. The lowest BCUT2D eigenvalue weighted by molar-refractivity contribution is 0.0921. The maximum Gasteiger partial charge on any atom is 0.200 e. The Hall–Kier alpha value is -2.29. The number of aryl methyl sites for hydroxylation is 1. The first-order valence-corrected chi connectivity index (χ1v) is 5.73. The zero-order valence-corrected chi connectivity index (χ0v) is 10.2. The van der Waals surface area contributed by atoms with E-state index in [1.165, 1.54) is 0 Å². The number of nitrogens with two attached hydrogens (primary N) is 1. The fourth-order valence-corrected chi connectivity index (χ4v) is 1.58. The topological polar surface area (TPSA) is 52.3 Å². The van der Waals surface area contributed by atoms with E-state index in [1.807, 2.05) is 19.1 Å². The molecule has 0 saturated heterocycles. The predicted octanol–water partition coefficient (Wildman–Crippen LogP) is 2.84. The van der Waals surface area contributed by atoms with E-state index in [0.717, 1.165) is 5.56 Å². The second kappa shape index (κ2) is 5.36. The summed E-state index contributed by atoms with van der Waals surface area (Å²) in [6, 6.07) is 14.5. The van der Waals surface area contributed by atoms with Crippen LogP contribution >= 0.6 is 0 Å². The molecule has 18 heavy (non-hydrogen) atoms. The molecule has 0 spiro atoms. The lowest BCUT2D eigenvalue weighted by Crippen LogP contribution is -2.11. The molecule has 0 fully saturated rings. The number of ketones is 1. The van der Waals surface area contributed by atoms with Gasteiger partial charge in [0, 0.05) is 17.3 Å². The lowest BCUT2D eigenvalue weighted by Gasteiger charge is -2.06. The van der Waals surface area contributed by atoms with E-state index in [9.17, 15) is 4.79 Å². The molecule has 2 aromatic rings. The summed E-state index contributed by atoms with van der Waals surface area (Å²) in [6.45, 7) is 2.00. The van der Waals surface area contributed by atoms with Gasteiger partial charge in [0.2, 0.25) is 0 Å². The van der Waals surface area contributed by atoms with Crippen LogP contribution in [0.1, 0.15) is 15.9 Å². The van der Waals surface area contributed by atoms with Crippen LogP contribution in [0.25, 0.3) is 0 Å². The largest absolute Gasteiger partial charge is 0.485 e. The van der Waals surface area contributed by atoms with Gasteiger partial charge in [0.15, 0.2) is 12.4 Å². The smallest absolute Gasteiger partial charge is 0.200 e. The number of nitrogen functional groups attached to an aromatic ring is 1. The van der Waals surface area contributed by atoms with Gasteiger partial charge < -0.3 is 10.5 Å². The Morgan fingerprint density at radius 3 is 2.56 bits per heavy atom. The molecule has 2 N–H and O–H groups in total. The highest BCUT2D eigenvalue weighted by Crippen LogP contribution is 2.15. The number of Topliss-reactive ketones (excluding diaryl/α,β-unsaturated/α-hetero) is 1. The van der Waals surface area contributed by atoms with E-state index in [0.29, 0.717) is 17.0 Å². The first kappa shape index (κ1) is 12.2. The van der Waals surface area contributed by atoms with Crippen molar-refractivity contribution < 1.29 is 9.53 Å². The van der Waals surface area contributed by atoms with E-state index in [1.54, 1.807) is 36.4 Å². The van der Waals surface area contributed by atoms with Crippen LogP contribution in [0, 0.1) is 6.92 Å². The highest BCUT2D eigenvalue weighted by Gasteiger charge is 2.06. The number of hydrogen-bond donors (Lipinski definition) is 1. The summed E-state index contributed by atoms with van der Waals surface area (Å²) in [5, 5.41) is 0. The Morgan fingerprint density at radius 2 is 1.89 bits per heavy atom. The Bertz CT molecular complexity index is 547. The van der Waals surface area contributed by atoms with Gasteiger partial charge >= 0.3 is 0 Å². The third kappa shape index (κ3) is 3.10. The van der Waals surface area contributed by atoms with Crippen molar-refractivity contribution in [3.05, 3.63) is 59.7 Å². The minimum Gasteiger partial charge on any atom is -0.485 e. The average molecular weight is 241 g/mol. The summed E-state index contributed by atoms with van der Waals surface area (Å²) in [7, 11) is 0. The quantitative estimate of drug-likeness (QED) is 0.661. The first-order valence-electron chi connectivity index (χ1n) is 5.73. The van der Waals surface area contributed by atoms with Crippen molar-refractivity contribution in [2.45, 2.75) is 6.92 Å². The summed E-state index contributed by atoms with van der Waals surface area (Å²) in [5.41, 5.74) is 8.03. The maximum atomic E-state index is 11.9. The minimum absolute atomic E-state index is 0.0204. The Balaban J connectivity index is 1.98. The van der Waals surface area contributed by atoms with Crippen LogP contribution in [-0.2, 0) is 0 Å². The van der Waals surface area contributed by atoms with Crippen molar-refractivity contribution in [3.63, 3.8) is 0 Å². The number of ether oxygens (including phenoxy) is 1. The maximum absolute atomic E-state index is 11.9. The Labute approximate surface area is 106 Å². The standard InChI is InChI=1S/C15H15NO2/c1-11-5-7-12(8-6-11)15(17)10-18-14-4-2-3-13(16)9-14/h2-9H,10,16H2,1H3. The fraction of sp³-hybridized carbons (Fsp3) is 0.133. The molecule has 0 aliphatic rings. The van der Waals surface area contributed by atoms with Crippen molar-refractivity contribution in [3.8, 4) is 5.75 Å². The van der Waals surface area contributed by atoms with Crippen LogP contribution in [0.15, 0.2) is 48.5 Å². The summed E-state index contributed by atoms with van der Waals surface area (Å²) in [4.78, 5) is 11.9. The molecular formula is C15H15NO2. The summed E-state index contributed by atoms with van der Waals surface area (Å²) in [6.07, 6.45) is 0. The normalized spacial score (nSPS) is 10.1. The molecule has 0 bridgehead atoms. The zero-order chi connectivity index (χ0) is 13.0. The van der Waals surface area contributed by atoms with E-state index < -0.39 is 0 Å². The summed E-state index contributed by atoms with van der Waals surface area (Å²) >= 11 is 0. The minimum atomic E-state index is -0.0441. The van der Waals surface area contributed by atoms with Crippen LogP contribution in [0.2, 0.25) is 0 Å². The molecule has 2 aromatic carbocycles. The molecule has 92 valence electrons. The lowest BCUT2D eigenvalue weighted by atomic mass is 10.1. The molecular weight excluding hydrogens is 226 g/mol. The van der Waals surface area contributed by atoms with Crippen LogP contribution < -0.4 is 10.5 Å². The van der Waals surface area contributed by atoms with Gasteiger partial charge in [0.25, 0.3) is 0 Å². The molecule has 0 aromatic heterocycles.